The smallest absolute Gasteiger partial charge is 0.00489 e. The van der Waals surface area contributed by atoms with Crippen LogP contribution in [-0.2, 0) is 0 Å². The third-order valence-electron chi connectivity index (χ3n) is 1.21. The highest BCUT2D eigenvalue weighted by Crippen LogP contribution is 1.96. The predicted octanol–water partition coefficient (Wildman–Crippen LogP) is 2.34. The molecule has 1 heteroatoms. The topological polar surface area (TPSA) is 12.0 Å². The molecule has 0 aromatic carbocycles. The Morgan fingerprint density at radius 1 is 1.10 bits per heavy atom. The lowest BCUT2D eigenvalue weighted by Gasteiger charge is -2.08. The molecule has 60 valence electrons. The van der Waals surface area contributed by atoms with Gasteiger partial charge in [-0.1, -0.05) is 12.0 Å². The summed E-state index contributed by atoms with van der Waals surface area (Å²) in [6, 6.07) is 0. The van der Waals surface area contributed by atoms with Crippen molar-refractivity contribution in [3.63, 3.8) is 0 Å². The van der Waals surface area contributed by atoms with Crippen LogP contribution in [0.5, 0.6) is 0 Å². The van der Waals surface area contributed by atoms with Gasteiger partial charge in [-0.2, -0.15) is 0 Å². The molecule has 10 heavy (non-hydrogen) atoms. The van der Waals surface area contributed by atoms with E-state index in [1.165, 1.54) is 37.9 Å². The highest BCUT2D eigenvalue weighted by Gasteiger charge is 1.93. The number of nitrogens with one attached hydrogen (secondary N) is 1. The van der Waals surface area contributed by atoms with Gasteiger partial charge in [-0.05, 0) is 39.8 Å². The summed E-state index contributed by atoms with van der Waals surface area (Å²) in [4.78, 5) is 0. The van der Waals surface area contributed by atoms with Gasteiger partial charge in [0.2, 0.25) is 0 Å². The Bertz CT molecular complexity index is 67.2. The number of hydrogen-bond acceptors (Lipinski definition) is 1. The van der Waals surface area contributed by atoms with Gasteiger partial charge in [0.15, 0.2) is 0 Å². The molecule has 1 rings (SSSR count). The van der Waals surface area contributed by atoms with Crippen molar-refractivity contribution in [1.82, 2.24) is 5.32 Å². The van der Waals surface area contributed by atoms with Gasteiger partial charge >= 0.3 is 0 Å². The average molecular weight is 141 g/mol. The van der Waals surface area contributed by atoms with E-state index < -0.39 is 0 Å². The van der Waals surface area contributed by atoms with Gasteiger partial charge in [-0.3, -0.25) is 0 Å². The Balaban J connectivity index is 0.000000180. The van der Waals surface area contributed by atoms with Crippen LogP contribution in [0.3, 0.4) is 0 Å². The van der Waals surface area contributed by atoms with E-state index in [0.29, 0.717) is 0 Å². The molecule has 1 aliphatic rings. The monoisotopic (exact) mass is 141 g/mol. The summed E-state index contributed by atoms with van der Waals surface area (Å²) < 4.78 is 0. The van der Waals surface area contributed by atoms with E-state index >= 15 is 0 Å². The Hall–Kier alpha value is -0.300. The number of rotatable bonds is 0. The molecule has 0 amide bonds. The average Bonchev–Trinajstić information content (AvgIpc) is 1.90. The van der Waals surface area contributed by atoms with Crippen molar-refractivity contribution in [3.05, 3.63) is 12.2 Å². The van der Waals surface area contributed by atoms with E-state index in [4.69, 9.17) is 0 Å². The van der Waals surface area contributed by atoms with Crippen LogP contribution in [0.1, 0.15) is 33.1 Å². The summed E-state index contributed by atoms with van der Waals surface area (Å²) in [6.45, 7) is 10.0. The number of hydrogen-bond donors (Lipinski definition) is 1. The summed E-state index contributed by atoms with van der Waals surface area (Å²) in [7, 11) is 0. The van der Waals surface area contributed by atoms with E-state index in [1.807, 2.05) is 13.8 Å². The molecule has 0 bridgehead atoms. The van der Waals surface area contributed by atoms with Crippen molar-refractivity contribution < 1.29 is 0 Å². The minimum atomic E-state index is 1.17. The van der Waals surface area contributed by atoms with Crippen LogP contribution >= 0.6 is 0 Å². The Morgan fingerprint density at radius 3 is 1.60 bits per heavy atom. The molecule has 0 saturated carbocycles. The predicted molar refractivity (Wildman–Crippen MR) is 47.2 cm³/mol. The first-order valence-corrected chi connectivity index (χ1v) is 4.06. The fourth-order valence-electron chi connectivity index (χ4n) is 0.802. The van der Waals surface area contributed by atoms with Crippen LogP contribution in [-0.4, -0.2) is 13.1 Å². The maximum Gasteiger partial charge on any atom is -0.00489 e. The summed E-state index contributed by atoms with van der Waals surface area (Å²) in [5.74, 6) is 0. The highest BCUT2D eigenvalue weighted by molar-refractivity contribution is 4.78. The lowest BCUT2D eigenvalue weighted by atomic mass is 10.2. The molecular formula is C9H19N. The molecule has 0 radical (unpaired) electrons. The van der Waals surface area contributed by atoms with Crippen molar-refractivity contribution >= 4 is 0 Å². The second-order valence-electron chi connectivity index (χ2n) is 3.02. The third kappa shape index (κ3) is 10.6. The number of allylic oxidation sites excluding steroid dienone is 1. The van der Waals surface area contributed by atoms with Crippen LogP contribution in [0, 0.1) is 0 Å². The van der Waals surface area contributed by atoms with Crippen molar-refractivity contribution in [1.29, 1.82) is 0 Å². The van der Waals surface area contributed by atoms with E-state index in [0.717, 1.165) is 0 Å². The fraction of sp³-hybridized carbons (Fsp3) is 0.778. The lowest BCUT2D eigenvalue weighted by Crippen LogP contribution is -2.21. The molecule has 0 aromatic rings. The van der Waals surface area contributed by atoms with Gasteiger partial charge in [0.1, 0.15) is 0 Å². The Kier molecular flexibility index (Phi) is 6.61. The first-order valence-electron chi connectivity index (χ1n) is 4.06. The normalized spacial score (nSPS) is 17.0. The van der Waals surface area contributed by atoms with Gasteiger partial charge in [-0.25, -0.2) is 0 Å². The summed E-state index contributed by atoms with van der Waals surface area (Å²) in [5.41, 5.74) is 1.17. The van der Waals surface area contributed by atoms with Crippen LogP contribution in [0.4, 0.5) is 0 Å². The van der Waals surface area contributed by atoms with E-state index in [1.54, 1.807) is 0 Å². The van der Waals surface area contributed by atoms with Gasteiger partial charge in [0, 0.05) is 0 Å². The second kappa shape index (κ2) is 6.81. The maximum absolute atomic E-state index is 3.56. The van der Waals surface area contributed by atoms with Crippen molar-refractivity contribution in [2.75, 3.05) is 13.1 Å². The standard InChI is InChI=1S/C5H11N.C4H8/c1-2-4-6-5-3-1;1-4(2)3/h6H,1-5H2;1H2,2-3H3. The van der Waals surface area contributed by atoms with Crippen LogP contribution in [0.15, 0.2) is 12.2 Å². The molecule has 1 fully saturated rings. The lowest BCUT2D eigenvalue weighted by molar-refractivity contribution is 0.520. The zero-order valence-corrected chi connectivity index (χ0v) is 7.24. The Labute approximate surface area is 64.5 Å². The van der Waals surface area contributed by atoms with E-state index in [-0.39, 0.29) is 0 Å². The zero-order valence-electron chi connectivity index (χ0n) is 7.24. The molecule has 1 nitrogen and oxygen atoms in total. The van der Waals surface area contributed by atoms with Crippen LogP contribution < -0.4 is 5.32 Å². The van der Waals surface area contributed by atoms with Gasteiger partial charge < -0.3 is 5.32 Å². The zero-order chi connectivity index (χ0) is 7.82. The SMILES string of the molecule is C1CCNCC1.C=C(C)C. The van der Waals surface area contributed by atoms with E-state index in [9.17, 15) is 0 Å². The molecule has 1 saturated heterocycles. The minimum absolute atomic E-state index is 1.17. The molecule has 0 atom stereocenters. The maximum atomic E-state index is 3.56. The molecule has 0 aromatic heterocycles. The summed E-state index contributed by atoms with van der Waals surface area (Å²) in [6.07, 6.45) is 4.22. The van der Waals surface area contributed by atoms with Gasteiger partial charge in [0.25, 0.3) is 0 Å². The first-order chi connectivity index (χ1) is 4.73. The molecule has 1 aliphatic heterocycles. The van der Waals surface area contributed by atoms with E-state index in [2.05, 4.69) is 11.9 Å². The second-order valence-corrected chi connectivity index (χ2v) is 3.02. The Morgan fingerprint density at radius 2 is 1.50 bits per heavy atom. The largest absolute Gasteiger partial charge is 0.317 e. The van der Waals surface area contributed by atoms with Crippen LogP contribution in [0.25, 0.3) is 0 Å². The van der Waals surface area contributed by atoms with Gasteiger partial charge in [0.05, 0.1) is 0 Å². The van der Waals surface area contributed by atoms with Gasteiger partial charge in [-0.15, -0.1) is 6.58 Å². The molecule has 0 aliphatic carbocycles. The first kappa shape index (κ1) is 9.70. The van der Waals surface area contributed by atoms with Crippen LogP contribution in [0.2, 0.25) is 0 Å². The highest BCUT2D eigenvalue weighted by atomic mass is 14.9. The summed E-state index contributed by atoms with van der Waals surface area (Å²) in [5, 5.41) is 3.28. The third-order valence-corrected chi connectivity index (χ3v) is 1.21. The van der Waals surface area contributed by atoms with Crippen molar-refractivity contribution in [2.45, 2.75) is 33.1 Å². The van der Waals surface area contributed by atoms with Crippen molar-refractivity contribution in [3.8, 4) is 0 Å². The summed E-state index contributed by atoms with van der Waals surface area (Å²) >= 11 is 0. The number of piperidine rings is 1. The quantitative estimate of drug-likeness (QED) is 0.511. The minimum Gasteiger partial charge on any atom is -0.317 e. The molecule has 0 spiro atoms. The molecule has 0 unspecified atom stereocenters. The fourth-order valence-corrected chi connectivity index (χ4v) is 0.802. The molecule has 1 N–H and O–H groups in total. The molecule has 1 heterocycles. The van der Waals surface area contributed by atoms with Crippen molar-refractivity contribution in [2.24, 2.45) is 0 Å². The molecular weight excluding hydrogens is 122 g/mol.